The van der Waals surface area contributed by atoms with Crippen molar-refractivity contribution in [1.29, 1.82) is 0 Å². The molecule has 0 aromatic carbocycles. The molecule has 14 heavy (non-hydrogen) atoms. The van der Waals surface area contributed by atoms with Gasteiger partial charge in [-0.2, -0.15) is 0 Å². The number of nitrogens with zero attached hydrogens (tertiary/aromatic N) is 1. The van der Waals surface area contributed by atoms with Crippen molar-refractivity contribution in [3.63, 3.8) is 0 Å². The molecule has 1 aromatic heterocycles. The van der Waals surface area contributed by atoms with Gasteiger partial charge in [0.1, 0.15) is 0 Å². The van der Waals surface area contributed by atoms with Gasteiger partial charge in [0.2, 0.25) is 0 Å². The van der Waals surface area contributed by atoms with Crippen molar-refractivity contribution in [2.75, 3.05) is 0 Å². The first-order valence-corrected chi connectivity index (χ1v) is 4.49. The number of aliphatic hydroxyl groups excluding tert-OH is 1. The summed E-state index contributed by atoms with van der Waals surface area (Å²) in [5.74, 6) is -0.993. The molecule has 4 heteroatoms. The molecule has 0 aliphatic heterocycles. The quantitative estimate of drug-likeness (QED) is 0.692. The maximum absolute atomic E-state index is 10.9. The Balaban J connectivity index is 2.56. The molecule has 1 aromatic rings. The summed E-state index contributed by atoms with van der Waals surface area (Å²) in [6.07, 6.45) is 2.92. The zero-order valence-electron chi connectivity index (χ0n) is 7.77. The van der Waals surface area contributed by atoms with Crippen molar-refractivity contribution in [1.82, 2.24) is 4.98 Å². The van der Waals surface area contributed by atoms with Gasteiger partial charge in [-0.25, -0.2) is 4.79 Å². The monoisotopic (exact) mass is 193 g/mol. The molecule has 2 atom stereocenters. The van der Waals surface area contributed by atoms with Crippen LogP contribution in [0.15, 0.2) is 12.4 Å². The van der Waals surface area contributed by atoms with Crippen LogP contribution >= 0.6 is 0 Å². The number of aromatic nitrogens is 1. The van der Waals surface area contributed by atoms with Crippen molar-refractivity contribution < 1.29 is 15.0 Å². The molecule has 2 unspecified atom stereocenters. The van der Waals surface area contributed by atoms with Gasteiger partial charge in [-0.1, -0.05) is 6.92 Å². The summed E-state index contributed by atoms with van der Waals surface area (Å²) in [6, 6.07) is 0. The van der Waals surface area contributed by atoms with Crippen molar-refractivity contribution >= 4 is 5.97 Å². The van der Waals surface area contributed by atoms with Crippen molar-refractivity contribution in [3.05, 3.63) is 29.1 Å². The van der Waals surface area contributed by atoms with Crippen LogP contribution in [-0.2, 0) is 6.42 Å². The van der Waals surface area contributed by atoms with Gasteiger partial charge in [0.15, 0.2) is 0 Å². The van der Waals surface area contributed by atoms with Crippen LogP contribution < -0.4 is 0 Å². The first kappa shape index (κ1) is 9.15. The lowest BCUT2D eigenvalue weighted by atomic mass is 10.0. The maximum atomic E-state index is 10.9. The van der Waals surface area contributed by atoms with Crippen LogP contribution in [0.3, 0.4) is 0 Å². The van der Waals surface area contributed by atoms with Gasteiger partial charge in [-0.15, -0.1) is 0 Å². The third kappa shape index (κ3) is 1.19. The normalized spacial score (nSPS) is 24.7. The number of carboxylic acid groups (broad SMARTS) is 1. The number of fused-ring (bicyclic) bond motifs is 1. The Labute approximate surface area is 81.2 Å². The van der Waals surface area contributed by atoms with Gasteiger partial charge in [-0.3, -0.25) is 4.98 Å². The molecule has 4 nitrogen and oxygen atoms in total. The van der Waals surface area contributed by atoms with E-state index < -0.39 is 12.1 Å². The lowest BCUT2D eigenvalue weighted by Gasteiger charge is -2.07. The molecular weight excluding hydrogens is 182 g/mol. The number of carboxylic acids is 1. The third-order valence-electron chi connectivity index (χ3n) is 2.80. The van der Waals surface area contributed by atoms with Crippen molar-refractivity contribution in [2.24, 2.45) is 0 Å². The average Bonchev–Trinajstić information content (AvgIpc) is 2.43. The Morgan fingerprint density at radius 2 is 2.29 bits per heavy atom. The van der Waals surface area contributed by atoms with Gasteiger partial charge < -0.3 is 10.2 Å². The highest BCUT2D eigenvalue weighted by atomic mass is 16.4. The maximum Gasteiger partial charge on any atom is 0.337 e. The molecule has 74 valence electrons. The van der Waals surface area contributed by atoms with Crippen LogP contribution in [0.4, 0.5) is 0 Å². The molecule has 0 saturated heterocycles. The number of hydrogen-bond acceptors (Lipinski definition) is 3. The van der Waals surface area contributed by atoms with E-state index in [4.69, 9.17) is 5.11 Å². The van der Waals surface area contributed by atoms with Crippen LogP contribution in [0, 0.1) is 0 Å². The number of hydrogen-bond donors (Lipinski definition) is 2. The van der Waals surface area contributed by atoms with Crippen molar-refractivity contribution in [2.45, 2.75) is 25.4 Å². The van der Waals surface area contributed by atoms with Crippen LogP contribution in [0.25, 0.3) is 0 Å². The van der Waals surface area contributed by atoms with E-state index in [2.05, 4.69) is 4.98 Å². The second-order valence-electron chi connectivity index (χ2n) is 3.62. The van der Waals surface area contributed by atoms with Crippen LogP contribution in [0.2, 0.25) is 0 Å². The fourth-order valence-electron chi connectivity index (χ4n) is 1.90. The fourth-order valence-corrected chi connectivity index (χ4v) is 1.90. The summed E-state index contributed by atoms with van der Waals surface area (Å²) < 4.78 is 0. The SMILES string of the molecule is CC1c2cncc(C(=O)O)c2CC1O. The molecule has 0 fully saturated rings. The second kappa shape index (κ2) is 3.06. The van der Waals surface area contributed by atoms with E-state index >= 15 is 0 Å². The average molecular weight is 193 g/mol. The topological polar surface area (TPSA) is 70.4 Å². The van der Waals surface area contributed by atoms with E-state index in [0.29, 0.717) is 6.42 Å². The highest BCUT2D eigenvalue weighted by Gasteiger charge is 2.31. The third-order valence-corrected chi connectivity index (χ3v) is 2.80. The smallest absolute Gasteiger partial charge is 0.337 e. The molecule has 1 aliphatic carbocycles. The number of aliphatic hydroxyl groups is 1. The summed E-state index contributed by atoms with van der Waals surface area (Å²) in [5.41, 5.74) is 1.80. The molecule has 0 saturated carbocycles. The summed E-state index contributed by atoms with van der Waals surface area (Å²) >= 11 is 0. The zero-order valence-corrected chi connectivity index (χ0v) is 7.77. The lowest BCUT2D eigenvalue weighted by Crippen LogP contribution is -2.09. The predicted molar refractivity (Wildman–Crippen MR) is 49.3 cm³/mol. The van der Waals surface area contributed by atoms with E-state index in [0.717, 1.165) is 11.1 Å². The molecule has 0 spiro atoms. The Hall–Kier alpha value is -1.42. The molecule has 2 rings (SSSR count). The molecule has 1 aliphatic rings. The molecule has 0 bridgehead atoms. The van der Waals surface area contributed by atoms with Gasteiger partial charge in [0.25, 0.3) is 0 Å². The lowest BCUT2D eigenvalue weighted by molar-refractivity contribution is 0.0695. The van der Waals surface area contributed by atoms with Crippen LogP contribution in [0.5, 0.6) is 0 Å². The minimum absolute atomic E-state index is 0.0169. The summed E-state index contributed by atoms with van der Waals surface area (Å²) in [5, 5.41) is 18.5. The Kier molecular flexibility index (Phi) is 2.00. The largest absolute Gasteiger partial charge is 0.478 e. The highest BCUT2D eigenvalue weighted by molar-refractivity contribution is 5.89. The first-order valence-electron chi connectivity index (χ1n) is 4.49. The van der Waals surface area contributed by atoms with Crippen LogP contribution in [-0.4, -0.2) is 27.3 Å². The predicted octanol–water partition coefficient (Wildman–Crippen LogP) is 0.800. The van der Waals surface area contributed by atoms with E-state index in [1.807, 2.05) is 6.92 Å². The first-order chi connectivity index (χ1) is 6.61. The Bertz CT molecular complexity index is 389. The standard InChI is InChI=1S/C10H11NO3/c1-5-7-3-11-4-8(10(13)14)6(7)2-9(5)12/h3-5,9,12H,2H2,1H3,(H,13,14). The Morgan fingerprint density at radius 1 is 1.57 bits per heavy atom. The molecule has 2 N–H and O–H groups in total. The van der Waals surface area contributed by atoms with Crippen molar-refractivity contribution in [3.8, 4) is 0 Å². The van der Waals surface area contributed by atoms with Gasteiger partial charge >= 0.3 is 5.97 Å². The number of pyridine rings is 1. The van der Waals surface area contributed by atoms with Gasteiger partial charge in [-0.05, 0) is 11.1 Å². The van der Waals surface area contributed by atoms with Crippen LogP contribution in [0.1, 0.15) is 34.3 Å². The number of rotatable bonds is 1. The molecular formula is C10H11NO3. The summed E-state index contributed by atoms with van der Waals surface area (Å²) in [4.78, 5) is 14.7. The van der Waals surface area contributed by atoms with E-state index in [-0.39, 0.29) is 11.5 Å². The minimum atomic E-state index is -0.976. The van der Waals surface area contributed by atoms with Gasteiger partial charge in [0, 0.05) is 24.7 Å². The summed E-state index contributed by atoms with van der Waals surface area (Å²) in [6.45, 7) is 1.88. The highest BCUT2D eigenvalue weighted by Crippen LogP contribution is 2.34. The fraction of sp³-hybridized carbons (Fsp3) is 0.400. The minimum Gasteiger partial charge on any atom is -0.478 e. The zero-order chi connectivity index (χ0) is 10.3. The Morgan fingerprint density at radius 3 is 2.93 bits per heavy atom. The number of aromatic carboxylic acids is 1. The van der Waals surface area contributed by atoms with E-state index in [1.54, 1.807) is 6.20 Å². The van der Waals surface area contributed by atoms with E-state index in [1.165, 1.54) is 6.20 Å². The molecule has 1 heterocycles. The molecule has 0 radical (unpaired) electrons. The summed E-state index contributed by atoms with van der Waals surface area (Å²) in [7, 11) is 0. The molecule has 0 amide bonds. The number of carbonyl (C=O) groups is 1. The van der Waals surface area contributed by atoms with E-state index in [9.17, 15) is 9.90 Å². The second-order valence-corrected chi connectivity index (χ2v) is 3.62. The van der Waals surface area contributed by atoms with Gasteiger partial charge in [0.05, 0.1) is 11.7 Å².